The Hall–Kier alpha value is -1.14. The highest BCUT2D eigenvalue weighted by molar-refractivity contribution is 7.89. The maximum Gasteiger partial charge on any atom is 0.243 e. The van der Waals surface area contributed by atoms with Crippen LogP contribution in [0.2, 0.25) is 0 Å². The number of halogens is 1. The number of nitrogen functional groups attached to an aromatic ring is 1. The number of sulfonamides is 1. The summed E-state index contributed by atoms with van der Waals surface area (Å²) in [5.41, 5.74) is 6.07. The molecule has 1 aromatic rings. The predicted molar refractivity (Wildman–Crippen MR) is 74.9 cm³/mol. The maximum absolute atomic E-state index is 13.7. The van der Waals surface area contributed by atoms with Gasteiger partial charge >= 0.3 is 0 Å². The SMILES string of the molecule is CCC(C)N(CC)S(=O)(=O)c1cc(N)c(C)c(F)c1. The van der Waals surface area contributed by atoms with E-state index in [0.29, 0.717) is 13.0 Å². The Morgan fingerprint density at radius 1 is 1.37 bits per heavy atom. The molecule has 0 aliphatic rings. The molecule has 0 fully saturated rings. The van der Waals surface area contributed by atoms with E-state index in [4.69, 9.17) is 5.73 Å². The van der Waals surface area contributed by atoms with Gasteiger partial charge in [-0.15, -0.1) is 0 Å². The van der Waals surface area contributed by atoms with Crippen molar-refractivity contribution in [2.75, 3.05) is 12.3 Å². The van der Waals surface area contributed by atoms with Crippen LogP contribution in [-0.2, 0) is 10.0 Å². The fourth-order valence-corrected chi connectivity index (χ4v) is 3.64. The Labute approximate surface area is 114 Å². The number of nitrogens with two attached hydrogens (primary N) is 1. The standard InChI is InChI=1S/C13H21FN2O2S/c1-5-9(3)16(6-2)19(17,18)11-7-12(14)10(4)13(15)8-11/h7-9H,5-6,15H2,1-4H3. The van der Waals surface area contributed by atoms with Gasteiger partial charge in [-0.05, 0) is 32.4 Å². The van der Waals surface area contributed by atoms with Gasteiger partial charge in [-0.25, -0.2) is 12.8 Å². The van der Waals surface area contributed by atoms with Gasteiger partial charge in [-0.1, -0.05) is 13.8 Å². The van der Waals surface area contributed by atoms with Crippen molar-refractivity contribution in [1.29, 1.82) is 0 Å². The first-order valence-corrected chi connectivity index (χ1v) is 7.77. The highest BCUT2D eigenvalue weighted by Crippen LogP contribution is 2.25. The molecule has 2 N–H and O–H groups in total. The summed E-state index contributed by atoms with van der Waals surface area (Å²) in [4.78, 5) is -0.0877. The van der Waals surface area contributed by atoms with Crippen LogP contribution in [-0.4, -0.2) is 25.3 Å². The summed E-state index contributed by atoms with van der Waals surface area (Å²) in [6, 6.07) is 2.21. The Morgan fingerprint density at radius 3 is 2.37 bits per heavy atom. The first-order valence-electron chi connectivity index (χ1n) is 6.33. The first-order chi connectivity index (χ1) is 8.75. The highest BCUT2D eigenvalue weighted by atomic mass is 32.2. The summed E-state index contributed by atoms with van der Waals surface area (Å²) in [7, 11) is -3.71. The van der Waals surface area contributed by atoms with Crippen LogP contribution in [0.3, 0.4) is 0 Å². The second kappa shape index (κ2) is 5.88. The van der Waals surface area contributed by atoms with Gasteiger partial charge in [0.25, 0.3) is 0 Å². The largest absolute Gasteiger partial charge is 0.398 e. The van der Waals surface area contributed by atoms with Crippen molar-refractivity contribution in [3.63, 3.8) is 0 Å². The van der Waals surface area contributed by atoms with Crippen molar-refractivity contribution >= 4 is 15.7 Å². The molecule has 4 nitrogen and oxygen atoms in total. The van der Waals surface area contributed by atoms with Gasteiger partial charge < -0.3 is 5.73 Å². The molecule has 19 heavy (non-hydrogen) atoms. The van der Waals surface area contributed by atoms with Gasteiger partial charge in [-0.3, -0.25) is 0 Å². The molecule has 0 aliphatic heterocycles. The van der Waals surface area contributed by atoms with Crippen molar-refractivity contribution in [3.05, 3.63) is 23.5 Å². The number of benzene rings is 1. The molecule has 0 aromatic heterocycles. The van der Waals surface area contributed by atoms with Gasteiger partial charge in [0.05, 0.1) is 4.90 Å². The van der Waals surface area contributed by atoms with Gasteiger partial charge in [0.1, 0.15) is 5.82 Å². The summed E-state index contributed by atoms with van der Waals surface area (Å²) in [6.45, 7) is 7.36. The lowest BCUT2D eigenvalue weighted by molar-refractivity contribution is 0.342. The molecule has 1 rings (SSSR count). The fraction of sp³-hybridized carbons (Fsp3) is 0.538. The molecule has 0 bridgehead atoms. The predicted octanol–water partition coefficient (Wildman–Crippen LogP) is 2.53. The third-order valence-corrected chi connectivity index (χ3v) is 5.43. The van der Waals surface area contributed by atoms with Crippen LogP contribution in [0.1, 0.15) is 32.8 Å². The van der Waals surface area contributed by atoms with Crippen LogP contribution >= 0.6 is 0 Å². The molecule has 6 heteroatoms. The molecule has 108 valence electrons. The van der Waals surface area contributed by atoms with E-state index in [0.717, 1.165) is 6.07 Å². The van der Waals surface area contributed by atoms with Crippen LogP contribution in [0.15, 0.2) is 17.0 Å². The second-order valence-electron chi connectivity index (χ2n) is 4.58. The number of hydrogen-bond donors (Lipinski definition) is 1. The zero-order valence-corrected chi connectivity index (χ0v) is 12.6. The van der Waals surface area contributed by atoms with Crippen molar-refractivity contribution in [2.45, 2.75) is 45.1 Å². The topological polar surface area (TPSA) is 63.4 Å². The third kappa shape index (κ3) is 3.06. The number of hydrogen-bond acceptors (Lipinski definition) is 3. The molecule has 1 unspecified atom stereocenters. The Balaban J connectivity index is 3.34. The molecule has 0 heterocycles. The van der Waals surface area contributed by atoms with Gasteiger partial charge in [0, 0.05) is 23.8 Å². The molecule has 0 saturated carbocycles. The van der Waals surface area contributed by atoms with E-state index >= 15 is 0 Å². The van der Waals surface area contributed by atoms with Crippen molar-refractivity contribution < 1.29 is 12.8 Å². The Kier molecular flexibility index (Phi) is 4.92. The van der Waals surface area contributed by atoms with Crippen LogP contribution in [0, 0.1) is 12.7 Å². The van der Waals surface area contributed by atoms with E-state index in [9.17, 15) is 12.8 Å². The molecular weight excluding hydrogens is 267 g/mol. The summed E-state index contributed by atoms with van der Waals surface area (Å²) in [6.07, 6.45) is 0.691. The minimum Gasteiger partial charge on any atom is -0.398 e. The van der Waals surface area contributed by atoms with E-state index in [2.05, 4.69) is 0 Å². The van der Waals surface area contributed by atoms with Gasteiger partial charge in [0.15, 0.2) is 0 Å². The van der Waals surface area contributed by atoms with Crippen molar-refractivity contribution in [3.8, 4) is 0 Å². The highest BCUT2D eigenvalue weighted by Gasteiger charge is 2.27. The molecular formula is C13H21FN2O2S. The van der Waals surface area contributed by atoms with Crippen LogP contribution in [0.5, 0.6) is 0 Å². The second-order valence-corrected chi connectivity index (χ2v) is 6.48. The summed E-state index contributed by atoms with van der Waals surface area (Å²) in [5, 5.41) is 0. The molecule has 1 atom stereocenters. The van der Waals surface area contributed by atoms with Gasteiger partial charge in [-0.2, -0.15) is 4.31 Å². The minimum atomic E-state index is -3.71. The van der Waals surface area contributed by atoms with Gasteiger partial charge in [0.2, 0.25) is 10.0 Å². The van der Waals surface area contributed by atoms with Crippen LogP contribution in [0.25, 0.3) is 0 Å². The lowest BCUT2D eigenvalue weighted by atomic mass is 10.2. The Morgan fingerprint density at radius 2 is 1.95 bits per heavy atom. The van der Waals surface area contributed by atoms with Crippen molar-refractivity contribution in [2.24, 2.45) is 0 Å². The molecule has 0 amide bonds. The smallest absolute Gasteiger partial charge is 0.243 e. The third-order valence-electron chi connectivity index (χ3n) is 3.36. The van der Waals surface area contributed by atoms with Crippen molar-refractivity contribution in [1.82, 2.24) is 4.31 Å². The average molecular weight is 288 g/mol. The van der Waals surface area contributed by atoms with E-state index in [1.807, 2.05) is 13.8 Å². The summed E-state index contributed by atoms with van der Waals surface area (Å²) in [5.74, 6) is -0.598. The van der Waals surface area contributed by atoms with Crippen LogP contribution < -0.4 is 5.73 Å². The van der Waals surface area contributed by atoms with E-state index < -0.39 is 15.8 Å². The van der Waals surface area contributed by atoms with E-state index in [1.54, 1.807) is 6.92 Å². The summed E-state index contributed by atoms with van der Waals surface area (Å²) >= 11 is 0. The molecule has 0 spiro atoms. The Bertz CT molecular complexity index is 535. The number of anilines is 1. The zero-order chi connectivity index (χ0) is 14.8. The molecule has 0 aliphatic carbocycles. The monoisotopic (exact) mass is 288 g/mol. The lowest BCUT2D eigenvalue weighted by Crippen LogP contribution is -2.38. The fourth-order valence-electron chi connectivity index (χ4n) is 1.88. The maximum atomic E-state index is 13.7. The molecule has 0 radical (unpaired) electrons. The minimum absolute atomic E-state index is 0.0877. The average Bonchev–Trinajstić information content (AvgIpc) is 2.35. The molecule has 1 aromatic carbocycles. The van der Waals surface area contributed by atoms with Crippen LogP contribution in [0.4, 0.5) is 10.1 Å². The quantitative estimate of drug-likeness (QED) is 0.847. The summed E-state index contributed by atoms with van der Waals surface area (Å²) < 4.78 is 40.0. The number of nitrogens with zero attached hydrogens (tertiary/aromatic N) is 1. The lowest BCUT2D eigenvalue weighted by Gasteiger charge is -2.26. The zero-order valence-electron chi connectivity index (χ0n) is 11.8. The van der Waals surface area contributed by atoms with E-state index in [1.165, 1.54) is 17.3 Å². The van der Waals surface area contributed by atoms with E-state index in [-0.39, 0.29) is 22.2 Å². The molecule has 0 saturated heterocycles. The first kappa shape index (κ1) is 15.9. The number of rotatable bonds is 5. The normalized spacial score (nSPS) is 13.8.